The van der Waals surface area contributed by atoms with Crippen LogP contribution < -0.4 is 10.1 Å². The minimum absolute atomic E-state index is 0.528. The molecular weight excluding hydrogens is 346 g/mol. The van der Waals surface area contributed by atoms with Gasteiger partial charge in [0.15, 0.2) is 0 Å². The molecule has 0 saturated heterocycles. The van der Waals surface area contributed by atoms with Crippen LogP contribution in [0.25, 0.3) is 22.2 Å². The number of benzene rings is 3. The van der Waals surface area contributed by atoms with E-state index in [-0.39, 0.29) is 0 Å². The van der Waals surface area contributed by atoms with Crippen LogP contribution in [0.2, 0.25) is 0 Å². The van der Waals surface area contributed by atoms with Crippen LogP contribution >= 0.6 is 0 Å². The number of hydrogen-bond donors (Lipinski definition) is 2. The Morgan fingerprint density at radius 2 is 1.79 bits per heavy atom. The highest BCUT2D eigenvalue weighted by Crippen LogP contribution is 2.33. The van der Waals surface area contributed by atoms with Crippen molar-refractivity contribution in [3.8, 4) is 16.9 Å². The maximum absolute atomic E-state index is 5.59. The van der Waals surface area contributed by atoms with Crippen molar-refractivity contribution in [2.45, 2.75) is 25.4 Å². The van der Waals surface area contributed by atoms with Gasteiger partial charge in [0.05, 0.1) is 24.5 Å². The number of nitrogens with one attached hydrogen (secondary N) is 2. The summed E-state index contributed by atoms with van der Waals surface area (Å²) in [6.45, 7) is 0.885. The third kappa shape index (κ3) is 3.16. The van der Waals surface area contributed by atoms with Gasteiger partial charge in [0.2, 0.25) is 0 Å². The lowest BCUT2D eigenvalue weighted by Crippen LogP contribution is -2.28. The Labute approximate surface area is 164 Å². The van der Waals surface area contributed by atoms with Crippen LogP contribution in [0.15, 0.2) is 67.0 Å². The Morgan fingerprint density at radius 3 is 2.50 bits per heavy atom. The van der Waals surface area contributed by atoms with Gasteiger partial charge in [-0.3, -0.25) is 0 Å². The van der Waals surface area contributed by atoms with Crippen LogP contribution in [0.3, 0.4) is 0 Å². The molecule has 1 heterocycles. The van der Waals surface area contributed by atoms with Gasteiger partial charge in [-0.25, -0.2) is 4.98 Å². The number of fused-ring (bicyclic) bond motifs is 2. The molecule has 3 aromatic carbocycles. The molecule has 28 heavy (non-hydrogen) atoms. The smallest absolute Gasteiger partial charge is 0.128 e. The first-order valence-electron chi connectivity index (χ1n) is 9.71. The zero-order valence-corrected chi connectivity index (χ0v) is 15.9. The highest BCUT2D eigenvalue weighted by Gasteiger charge is 2.20. The molecule has 4 nitrogen and oxygen atoms in total. The third-order valence-corrected chi connectivity index (χ3v) is 5.65. The average Bonchev–Trinajstić information content (AvgIpc) is 3.37. The molecule has 1 aliphatic rings. The van der Waals surface area contributed by atoms with Gasteiger partial charge in [-0.1, -0.05) is 48.5 Å². The monoisotopic (exact) mass is 369 g/mol. The molecule has 0 unspecified atom stereocenters. The van der Waals surface area contributed by atoms with Crippen molar-refractivity contribution in [3.63, 3.8) is 0 Å². The first-order chi connectivity index (χ1) is 13.8. The first kappa shape index (κ1) is 17.0. The number of H-pyrrole nitrogens is 1. The summed E-state index contributed by atoms with van der Waals surface area (Å²) < 4.78 is 5.59. The van der Waals surface area contributed by atoms with Gasteiger partial charge in [0, 0.05) is 24.2 Å². The van der Waals surface area contributed by atoms with Crippen molar-refractivity contribution in [1.29, 1.82) is 0 Å². The van der Waals surface area contributed by atoms with Crippen LogP contribution in [0.4, 0.5) is 0 Å². The maximum Gasteiger partial charge on any atom is 0.128 e. The molecule has 0 aliphatic heterocycles. The van der Waals surface area contributed by atoms with Crippen LogP contribution in [0.5, 0.6) is 5.75 Å². The van der Waals surface area contributed by atoms with E-state index >= 15 is 0 Å². The molecular formula is C24H23N3O. The van der Waals surface area contributed by atoms with E-state index in [1.54, 1.807) is 13.4 Å². The predicted octanol–water partition coefficient (Wildman–Crippen LogP) is 4.50. The topological polar surface area (TPSA) is 49.9 Å². The Bertz CT molecular complexity index is 1090. The highest BCUT2D eigenvalue weighted by atomic mass is 16.5. The van der Waals surface area contributed by atoms with Crippen molar-refractivity contribution in [2.75, 3.05) is 7.11 Å². The number of aromatic nitrogens is 2. The fraction of sp³-hybridized carbons (Fsp3) is 0.208. The molecule has 0 amide bonds. The summed E-state index contributed by atoms with van der Waals surface area (Å²) >= 11 is 0. The van der Waals surface area contributed by atoms with E-state index < -0.39 is 0 Å². The fourth-order valence-electron chi connectivity index (χ4n) is 4.12. The Morgan fingerprint density at radius 1 is 1.04 bits per heavy atom. The molecule has 0 atom stereocenters. The molecule has 0 fully saturated rings. The van der Waals surface area contributed by atoms with Gasteiger partial charge in [-0.05, 0) is 41.2 Å². The quantitative estimate of drug-likeness (QED) is 0.545. The number of methoxy groups -OCH3 is 1. The van der Waals surface area contributed by atoms with E-state index in [0.29, 0.717) is 6.04 Å². The largest absolute Gasteiger partial charge is 0.496 e. The number of imidazole rings is 1. The summed E-state index contributed by atoms with van der Waals surface area (Å²) in [4.78, 5) is 7.48. The zero-order valence-electron chi connectivity index (χ0n) is 15.9. The van der Waals surface area contributed by atoms with Gasteiger partial charge in [-0.2, -0.15) is 0 Å². The molecule has 4 aromatic rings. The molecule has 0 bridgehead atoms. The molecule has 0 spiro atoms. The van der Waals surface area contributed by atoms with Gasteiger partial charge in [-0.15, -0.1) is 0 Å². The summed E-state index contributed by atoms with van der Waals surface area (Å²) in [5.41, 5.74) is 8.41. The van der Waals surface area contributed by atoms with Crippen LogP contribution in [-0.2, 0) is 19.4 Å². The van der Waals surface area contributed by atoms with E-state index in [0.717, 1.165) is 47.3 Å². The lowest BCUT2D eigenvalue weighted by Gasteiger charge is -2.13. The van der Waals surface area contributed by atoms with E-state index in [4.69, 9.17) is 4.74 Å². The molecule has 1 aromatic heterocycles. The summed E-state index contributed by atoms with van der Waals surface area (Å²) in [6.07, 6.45) is 3.95. The lowest BCUT2D eigenvalue weighted by molar-refractivity contribution is 0.417. The molecule has 140 valence electrons. The first-order valence-corrected chi connectivity index (χ1v) is 9.71. The van der Waals surface area contributed by atoms with Crippen molar-refractivity contribution >= 4 is 11.0 Å². The predicted molar refractivity (Wildman–Crippen MR) is 113 cm³/mol. The SMILES string of the molecule is COc1cc2nc[nH]c2cc1-c1ccc(CNC2Cc3ccccc3C2)cc1. The van der Waals surface area contributed by atoms with Gasteiger partial charge < -0.3 is 15.0 Å². The van der Waals surface area contributed by atoms with Crippen LogP contribution in [-0.4, -0.2) is 23.1 Å². The number of hydrogen-bond acceptors (Lipinski definition) is 3. The Balaban J connectivity index is 1.30. The van der Waals surface area contributed by atoms with Gasteiger partial charge in [0.25, 0.3) is 0 Å². The average molecular weight is 369 g/mol. The Kier molecular flexibility index (Phi) is 4.34. The summed E-state index contributed by atoms with van der Waals surface area (Å²) in [6, 6.07) is 22.1. The molecule has 5 rings (SSSR count). The summed E-state index contributed by atoms with van der Waals surface area (Å²) in [5.74, 6) is 0.842. The van der Waals surface area contributed by atoms with Crippen molar-refractivity contribution in [2.24, 2.45) is 0 Å². The standard InChI is InChI=1S/C24H23N3O/c1-28-24-13-23-22(26-15-27-23)12-21(24)17-8-6-16(7-9-17)14-25-20-10-18-4-2-3-5-19(18)11-20/h2-9,12-13,15,20,25H,10-11,14H2,1H3,(H,26,27). The normalized spacial score (nSPS) is 13.8. The minimum atomic E-state index is 0.528. The molecule has 0 radical (unpaired) electrons. The Hall–Kier alpha value is -3.11. The molecule has 0 saturated carbocycles. The number of rotatable bonds is 5. The van der Waals surface area contributed by atoms with Crippen LogP contribution in [0, 0.1) is 0 Å². The second kappa shape index (κ2) is 7.13. The van der Waals surface area contributed by atoms with Crippen molar-refractivity contribution < 1.29 is 4.74 Å². The molecule has 1 aliphatic carbocycles. The van der Waals surface area contributed by atoms with E-state index in [1.165, 1.54) is 16.7 Å². The lowest BCUT2D eigenvalue weighted by atomic mass is 10.0. The second-order valence-electron chi connectivity index (χ2n) is 7.42. The number of aromatic amines is 1. The summed E-state index contributed by atoms with van der Waals surface area (Å²) in [5, 5.41) is 3.71. The highest BCUT2D eigenvalue weighted by molar-refractivity contribution is 5.86. The van der Waals surface area contributed by atoms with Crippen molar-refractivity contribution in [3.05, 3.63) is 83.7 Å². The van der Waals surface area contributed by atoms with Crippen molar-refractivity contribution in [1.82, 2.24) is 15.3 Å². The molecule has 4 heteroatoms. The second-order valence-corrected chi connectivity index (χ2v) is 7.42. The maximum atomic E-state index is 5.59. The van der Waals surface area contributed by atoms with E-state index in [9.17, 15) is 0 Å². The van der Waals surface area contributed by atoms with E-state index in [1.807, 2.05) is 6.07 Å². The molecule has 2 N–H and O–H groups in total. The minimum Gasteiger partial charge on any atom is -0.496 e. The summed E-state index contributed by atoms with van der Waals surface area (Å²) in [7, 11) is 1.70. The van der Waals surface area contributed by atoms with Crippen LogP contribution in [0.1, 0.15) is 16.7 Å². The zero-order chi connectivity index (χ0) is 18.9. The van der Waals surface area contributed by atoms with Gasteiger partial charge in [0.1, 0.15) is 5.75 Å². The number of nitrogens with zero attached hydrogens (tertiary/aromatic N) is 1. The third-order valence-electron chi connectivity index (χ3n) is 5.65. The fourth-order valence-corrected chi connectivity index (χ4v) is 4.12. The number of ether oxygens (including phenoxy) is 1. The van der Waals surface area contributed by atoms with Gasteiger partial charge >= 0.3 is 0 Å². The van der Waals surface area contributed by atoms with E-state index in [2.05, 4.69) is 69.9 Å².